The van der Waals surface area contributed by atoms with Crippen LogP contribution in [0.4, 0.5) is 5.69 Å². The summed E-state index contributed by atoms with van der Waals surface area (Å²) in [6.45, 7) is 5.73. The van der Waals surface area contributed by atoms with Crippen molar-refractivity contribution < 1.29 is 9.72 Å². The van der Waals surface area contributed by atoms with E-state index in [2.05, 4.69) is 26.5 Å². The largest absolute Gasteiger partial charge is 0.317 e. The molecular weight excluding hydrogens is 436 g/mol. The molecule has 0 aliphatic rings. The fourth-order valence-electron chi connectivity index (χ4n) is 3.07. The van der Waals surface area contributed by atoms with E-state index in [0.717, 1.165) is 32.7 Å². The SMILES string of the molecule is Cc1ccc([N+](=O)[O-])cc1-n1c(C)cc(/C=N\NC(=O)c2ccc(Br)cc2)c1C. The van der Waals surface area contributed by atoms with Crippen LogP contribution in [0.2, 0.25) is 0 Å². The van der Waals surface area contributed by atoms with Crippen molar-refractivity contribution in [1.82, 2.24) is 9.99 Å². The maximum absolute atomic E-state index is 12.2. The van der Waals surface area contributed by atoms with Crippen LogP contribution >= 0.6 is 15.9 Å². The van der Waals surface area contributed by atoms with Gasteiger partial charge in [0.2, 0.25) is 0 Å². The van der Waals surface area contributed by atoms with Gasteiger partial charge in [-0.2, -0.15) is 5.10 Å². The zero-order valence-corrected chi connectivity index (χ0v) is 17.7. The van der Waals surface area contributed by atoms with Gasteiger partial charge in [-0.25, -0.2) is 5.43 Å². The van der Waals surface area contributed by atoms with Crippen molar-refractivity contribution in [2.45, 2.75) is 20.8 Å². The van der Waals surface area contributed by atoms with E-state index < -0.39 is 4.92 Å². The Kier molecular flexibility index (Phi) is 5.93. The van der Waals surface area contributed by atoms with E-state index in [9.17, 15) is 14.9 Å². The van der Waals surface area contributed by atoms with Crippen molar-refractivity contribution in [3.8, 4) is 5.69 Å². The van der Waals surface area contributed by atoms with Gasteiger partial charge < -0.3 is 4.57 Å². The maximum atomic E-state index is 12.2. The number of nitrogens with one attached hydrogen (secondary N) is 1. The molecule has 0 saturated heterocycles. The molecule has 0 radical (unpaired) electrons. The Morgan fingerprint density at radius 1 is 1.14 bits per heavy atom. The molecule has 3 rings (SSSR count). The summed E-state index contributed by atoms with van der Waals surface area (Å²) >= 11 is 3.33. The van der Waals surface area contributed by atoms with Crippen LogP contribution < -0.4 is 5.43 Å². The van der Waals surface area contributed by atoms with Crippen LogP contribution in [-0.2, 0) is 0 Å². The topological polar surface area (TPSA) is 89.5 Å². The summed E-state index contributed by atoms with van der Waals surface area (Å²) in [6, 6.07) is 13.7. The van der Waals surface area contributed by atoms with Crippen LogP contribution in [0.5, 0.6) is 0 Å². The predicted molar refractivity (Wildman–Crippen MR) is 116 cm³/mol. The lowest BCUT2D eigenvalue weighted by Crippen LogP contribution is -2.17. The molecule has 29 heavy (non-hydrogen) atoms. The van der Waals surface area contributed by atoms with Crippen LogP contribution in [0.25, 0.3) is 5.69 Å². The smallest absolute Gasteiger partial charge is 0.271 e. The Balaban J connectivity index is 1.85. The highest BCUT2D eigenvalue weighted by molar-refractivity contribution is 9.10. The van der Waals surface area contributed by atoms with E-state index >= 15 is 0 Å². The van der Waals surface area contributed by atoms with E-state index in [1.54, 1.807) is 42.6 Å². The molecule has 2 aromatic carbocycles. The number of benzene rings is 2. The van der Waals surface area contributed by atoms with Crippen molar-refractivity contribution in [2.75, 3.05) is 0 Å². The van der Waals surface area contributed by atoms with Crippen LogP contribution in [0.1, 0.15) is 32.9 Å². The van der Waals surface area contributed by atoms with Crippen LogP contribution in [0.15, 0.2) is 58.1 Å². The third-order valence-corrected chi connectivity index (χ3v) is 5.12. The Morgan fingerprint density at radius 2 is 1.83 bits per heavy atom. The number of nitro benzene ring substituents is 1. The average molecular weight is 455 g/mol. The molecular formula is C21H19BrN4O3. The highest BCUT2D eigenvalue weighted by atomic mass is 79.9. The molecule has 0 bridgehead atoms. The zero-order chi connectivity index (χ0) is 21.1. The lowest BCUT2D eigenvalue weighted by Gasteiger charge is -2.12. The first kappa shape index (κ1) is 20.5. The van der Waals surface area contributed by atoms with Crippen molar-refractivity contribution >= 4 is 33.7 Å². The Bertz CT molecular complexity index is 1120. The van der Waals surface area contributed by atoms with Gasteiger partial charge in [0.1, 0.15) is 0 Å². The fraction of sp³-hybridized carbons (Fsp3) is 0.143. The second-order valence-corrected chi connectivity index (χ2v) is 7.51. The van der Waals surface area contributed by atoms with Gasteiger partial charge in [0.05, 0.1) is 16.8 Å². The standard InChI is InChI=1S/C21H19BrN4O3/c1-13-4-9-19(26(28)29)11-20(13)25-14(2)10-17(15(25)3)12-23-24-21(27)16-5-7-18(22)8-6-16/h4-12H,1-3H3,(H,24,27)/b23-12-. The lowest BCUT2D eigenvalue weighted by atomic mass is 10.1. The summed E-state index contributed by atoms with van der Waals surface area (Å²) in [5.41, 5.74) is 7.31. The van der Waals surface area contributed by atoms with E-state index in [0.29, 0.717) is 5.56 Å². The number of non-ortho nitro benzene ring substituents is 1. The van der Waals surface area contributed by atoms with Crippen molar-refractivity contribution in [3.63, 3.8) is 0 Å². The first-order valence-electron chi connectivity index (χ1n) is 8.81. The number of aryl methyl sites for hydroxylation is 2. The average Bonchev–Trinajstić information content (AvgIpc) is 2.96. The van der Waals surface area contributed by atoms with E-state index in [1.807, 2.05) is 31.4 Å². The molecule has 7 nitrogen and oxygen atoms in total. The van der Waals surface area contributed by atoms with Crippen LogP contribution in [-0.4, -0.2) is 21.6 Å². The number of hydrogen-bond acceptors (Lipinski definition) is 4. The molecule has 1 amide bonds. The van der Waals surface area contributed by atoms with Gasteiger partial charge in [0, 0.05) is 39.1 Å². The van der Waals surface area contributed by atoms with Crippen molar-refractivity contribution in [3.05, 3.63) is 91.2 Å². The maximum Gasteiger partial charge on any atom is 0.271 e. The summed E-state index contributed by atoms with van der Waals surface area (Å²) < 4.78 is 2.83. The minimum atomic E-state index is -0.406. The number of carbonyl (C=O) groups is 1. The number of rotatable bonds is 5. The second-order valence-electron chi connectivity index (χ2n) is 6.60. The Hall–Kier alpha value is -3.26. The molecule has 0 spiro atoms. The Labute approximate surface area is 176 Å². The molecule has 1 aromatic heterocycles. The molecule has 1 heterocycles. The van der Waals surface area contributed by atoms with Crippen LogP contribution in [0.3, 0.4) is 0 Å². The number of nitrogens with zero attached hydrogens (tertiary/aromatic N) is 3. The summed E-state index contributed by atoms with van der Waals surface area (Å²) in [7, 11) is 0. The summed E-state index contributed by atoms with van der Waals surface area (Å²) in [6.07, 6.45) is 1.57. The minimum Gasteiger partial charge on any atom is -0.317 e. The third kappa shape index (κ3) is 4.43. The van der Waals surface area contributed by atoms with E-state index in [-0.39, 0.29) is 11.6 Å². The van der Waals surface area contributed by atoms with Crippen molar-refractivity contribution in [2.24, 2.45) is 5.10 Å². The quantitative estimate of drug-likeness (QED) is 0.339. The molecule has 8 heteroatoms. The molecule has 0 saturated carbocycles. The number of nitro groups is 1. The lowest BCUT2D eigenvalue weighted by molar-refractivity contribution is -0.384. The first-order chi connectivity index (χ1) is 13.8. The molecule has 0 aliphatic carbocycles. The molecule has 0 fully saturated rings. The highest BCUT2D eigenvalue weighted by Crippen LogP contribution is 2.26. The second kappa shape index (κ2) is 8.40. The molecule has 1 N–H and O–H groups in total. The zero-order valence-electron chi connectivity index (χ0n) is 16.1. The van der Waals surface area contributed by atoms with Gasteiger partial charge in [-0.15, -0.1) is 0 Å². The number of carbonyl (C=O) groups excluding carboxylic acids is 1. The fourth-order valence-corrected chi connectivity index (χ4v) is 3.33. The summed E-state index contributed by atoms with van der Waals surface area (Å²) in [5.74, 6) is -0.308. The number of amides is 1. The first-order valence-corrected chi connectivity index (χ1v) is 9.60. The predicted octanol–water partition coefficient (Wildman–Crippen LogP) is 4.84. The summed E-state index contributed by atoms with van der Waals surface area (Å²) in [5, 5.41) is 15.2. The third-order valence-electron chi connectivity index (χ3n) is 4.59. The van der Waals surface area contributed by atoms with Gasteiger partial charge in [-0.1, -0.05) is 22.0 Å². The molecule has 0 unspecified atom stereocenters. The van der Waals surface area contributed by atoms with E-state index in [4.69, 9.17) is 0 Å². The monoisotopic (exact) mass is 454 g/mol. The molecule has 0 atom stereocenters. The number of hydrogen-bond donors (Lipinski definition) is 1. The minimum absolute atomic E-state index is 0.0371. The molecule has 148 valence electrons. The van der Waals surface area contributed by atoms with E-state index in [1.165, 1.54) is 6.07 Å². The molecule has 0 aliphatic heterocycles. The number of halogens is 1. The molecule has 3 aromatic rings. The van der Waals surface area contributed by atoms with Gasteiger partial charge in [-0.05, 0) is 56.7 Å². The van der Waals surface area contributed by atoms with Crippen molar-refractivity contribution in [1.29, 1.82) is 0 Å². The van der Waals surface area contributed by atoms with Gasteiger partial charge in [0.25, 0.3) is 11.6 Å². The number of hydrazone groups is 1. The van der Waals surface area contributed by atoms with Gasteiger partial charge in [-0.3, -0.25) is 14.9 Å². The van der Waals surface area contributed by atoms with Crippen LogP contribution in [0, 0.1) is 30.9 Å². The Morgan fingerprint density at radius 3 is 2.48 bits per heavy atom. The van der Waals surface area contributed by atoms with Gasteiger partial charge >= 0.3 is 0 Å². The normalized spacial score (nSPS) is 11.0. The number of aromatic nitrogens is 1. The summed E-state index contributed by atoms with van der Waals surface area (Å²) in [4.78, 5) is 22.9. The van der Waals surface area contributed by atoms with Gasteiger partial charge in [0.15, 0.2) is 0 Å². The highest BCUT2D eigenvalue weighted by Gasteiger charge is 2.15.